The van der Waals surface area contributed by atoms with Gasteiger partial charge in [-0.05, 0) is 80.3 Å². The molecule has 0 aromatic heterocycles. The molecule has 1 aliphatic heterocycles. The maximum atomic E-state index is 13.1. The monoisotopic (exact) mass is 472 g/mol. The summed E-state index contributed by atoms with van der Waals surface area (Å²) < 4.78 is 12.5. The summed E-state index contributed by atoms with van der Waals surface area (Å²) >= 11 is 0. The van der Waals surface area contributed by atoms with Gasteiger partial charge in [0.2, 0.25) is 0 Å². The van der Waals surface area contributed by atoms with Crippen LogP contribution in [0.3, 0.4) is 0 Å². The van der Waals surface area contributed by atoms with Gasteiger partial charge in [-0.25, -0.2) is 4.79 Å². The first-order valence-corrected chi connectivity index (χ1v) is 13.2. The Hall–Kier alpha value is -2.88. The standard InChI is InChI=1S/C31H36O4/c1-20-16-24-28-26(34-30(33)23-14-5-4-6-15-23)18-22(13-9-12-21-10-7-8-11-21)19-27(28)35-31(2,3)29(24)25(32)17-20/h4-6,14-15,18-21H,7-13,16-17H2,1-3H3. The van der Waals surface area contributed by atoms with Gasteiger partial charge in [0.25, 0.3) is 0 Å². The van der Waals surface area contributed by atoms with Gasteiger partial charge in [-0.2, -0.15) is 0 Å². The van der Waals surface area contributed by atoms with Crippen LogP contribution in [-0.2, 0) is 11.2 Å². The van der Waals surface area contributed by atoms with Crippen molar-refractivity contribution in [1.82, 2.24) is 0 Å². The lowest BCUT2D eigenvalue weighted by molar-refractivity contribution is -0.118. The van der Waals surface area contributed by atoms with Gasteiger partial charge in [0.15, 0.2) is 5.78 Å². The Morgan fingerprint density at radius 3 is 2.57 bits per heavy atom. The molecular formula is C31H36O4. The minimum absolute atomic E-state index is 0.135. The number of hydrogen-bond donors (Lipinski definition) is 0. The maximum Gasteiger partial charge on any atom is 0.343 e. The summed E-state index contributed by atoms with van der Waals surface area (Å²) in [4.78, 5) is 26.2. The van der Waals surface area contributed by atoms with Crippen molar-refractivity contribution in [3.63, 3.8) is 0 Å². The van der Waals surface area contributed by atoms with Gasteiger partial charge < -0.3 is 9.47 Å². The van der Waals surface area contributed by atoms with E-state index in [1.807, 2.05) is 38.1 Å². The number of carbonyl (C=O) groups excluding carboxylic acids is 2. The molecule has 4 nitrogen and oxygen atoms in total. The fourth-order valence-corrected chi connectivity index (χ4v) is 6.24. The lowest BCUT2D eigenvalue weighted by Crippen LogP contribution is -2.40. The van der Waals surface area contributed by atoms with E-state index in [0.29, 0.717) is 17.7 Å². The molecule has 184 valence electrons. The Labute approximate surface area is 208 Å². The van der Waals surface area contributed by atoms with Gasteiger partial charge in [0.05, 0.1) is 11.1 Å². The molecule has 1 atom stereocenters. The van der Waals surface area contributed by atoms with Crippen LogP contribution in [0.1, 0.15) is 93.6 Å². The van der Waals surface area contributed by atoms with Gasteiger partial charge in [-0.3, -0.25) is 4.79 Å². The van der Waals surface area contributed by atoms with Crippen molar-refractivity contribution in [2.75, 3.05) is 0 Å². The number of fused-ring (bicyclic) bond motifs is 2. The highest BCUT2D eigenvalue weighted by atomic mass is 16.5. The molecular weight excluding hydrogens is 436 g/mol. The molecule has 35 heavy (non-hydrogen) atoms. The number of hydrogen-bond acceptors (Lipinski definition) is 4. The van der Waals surface area contributed by atoms with Crippen molar-refractivity contribution >= 4 is 17.3 Å². The zero-order chi connectivity index (χ0) is 24.6. The van der Waals surface area contributed by atoms with Gasteiger partial charge in [0, 0.05) is 12.0 Å². The van der Waals surface area contributed by atoms with E-state index < -0.39 is 11.6 Å². The highest BCUT2D eigenvalue weighted by molar-refractivity contribution is 6.08. The largest absolute Gasteiger partial charge is 0.482 e. The zero-order valence-corrected chi connectivity index (χ0v) is 21.2. The molecule has 1 fully saturated rings. The molecule has 2 aliphatic carbocycles. The van der Waals surface area contributed by atoms with E-state index in [1.165, 1.54) is 32.1 Å². The first kappa shape index (κ1) is 23.8. The van der Waals surface area contributed by atoms with Crippen LogP contribution in [0.5, 0.6) is 11.5 Å². The van der Waals surface area contributed by atoms with Crippen molar-refractivity contribution in [1.29, 1.82) is 0 Å². The zero-order valence-electron chi connectivity index (χ0n) is 21.2. The summed E-state index contributed by atoms with van der Waals surface area (Å²) in [6, 6.07) is 13.2. The molecule has 0 radical (unpaired) electrons. The second-order valence-corrected chi connectivity index (χ2v) is 11.2. The van der Waals surface area contributed by atoms with Crippen LogP contribution in [0.4, 0.5) is 0 Å². The summed E-state index contributed by atoms with van der Waals surface area (Å²) in [7, 11) is 0. The predicted octanol–water partition coefficient (Wildman–Crippen LogP) is 7.34. The number of esters is 1. The summed E-state index contributed by atoms with van der Waals surface area (Å²) in [5.41, 5.74) is 3.41. The fourth-order valence-electron chi connectivity index (χ4n) is 6.24. The molecule has 2 aromatic rings. The number of aryl methyl sites for hydroxylation is 1. The molecule has 1 saturated carbocycles. The molecule has 5 rings (SSSR count). The minimum Gasteiger partial charge on any atom is -0.482 e. The highest BCUT2D eigenvalue weighted by Gasteiger charge is 2.43. The average Bonchev–Trinajstić information content (AvgIpc) is 3.31. The quantitative estimate of drug-likeness (QED) is 0.326. The van der Waals surface area contributed by atoms with Gasteiger partial charge in [0.1, 0.15) is 17.1 Å². The van der Waals surface area contributed by atoms with Crippen LogP contribution >= 0.6 is 0 Å². The molecule has 0 bridgehead atoms. The van der Waals surface area contributed by atoms with Crippen LogP contribution < -0.4 is 9.47 Å². The molecule has 3 aliphatic rings. The first-order valence-electron chi connectivity index (χ1n) is 13.2. The van der Waals surface area contributed by atoms with Crippen molar-refractivity contribution in [3.05, 3.63) is 64.7 Å². The fraction of sp³-hybridized carbons (Fsp3) is 0.484. The van der Waals surface area contributed by atoms with E-state index in [-0.39, 0.29) is 11.7 Å². The summed E-state index contributed by atoms with van der Waals surface area (Å²) in [5, 5.41) is 0. The second-order valence-electron chi connectivity index (χ2n) is 11.2. The SMILES string of the molecule is CC1CC(=O)C2=C(C1)c1c(OC(=O)c3ccccc3)cc(CCCC3CCCC3)cc1OC2(C)C. The number of Topliss-reactive ketones (excluding diaryl/α,β-unsaturated/α-hetero) is 1. The van der Waals surface area contributed by atoms with E-state index in [1.54, 1.807) is 12.1 Å². The number of benzene rings is 2. The summed E-state index contributed by atoms with van der Waals surface area (Å²) in [5.74, 6) is 2.07. The second kappa shape index (κ2) is 9.64. The van der Waals surface area contributed by atoms with E-state index in [4.69, 9.17) is 9.47 Å². The minimum atomic E-state index is -0.706. The first-order chi connectivity index (χ1) is 16.8. The van der Waals surface area contributed by atoms with E-state index in [2.05, 4.69) is 13.0 Å². The third-order valence-corrected chi connectivity index (χ3v) is 7.83. The Morgan fingerprint density at radius 1 is 1.09 bits per heavy atom. The molecule has 1 unspecified atom stereocenters. The van der Waals surface area contributed by atoms with Crippen LogP contribution in [0, 0.1) is 11.8 Å². The van der Waals surface area contributed by atoms with E-state index >= 15 is 0 Å². The normalized spacial score (nSPS) is 21.3. The van der Waals surface area contributed by atoms with Gasteiger partial charge >= 0.3 is 5.97 Å². The van der Waals surface area contributed by atoms with Gasteiger partial charge in [-0.15, -0.1) is 0 Å². The van der Waals surface area contributed by atoms with E-state index in [0.717, 1.165) is 53.2 Å². The van der Waals surface area contributed by atoms with Crippen LogP contribution in [0.25, 0.3) is 5.57 Å². The molecule has 0 N–H and O–H groups in total. The van der Waals surface area contributed by atoms with Crippen molar-refractivity contribution in [3.8, 4) is 11.5 Å². The van der Waals surface area contributed by atoms with Crippen molar-refractivity contribution < 1.29 is 19.1 Å². The molecule has 0 amide bonds. The molecule has 0 saturated heterocycles. The molecule has 1 heterocycles. The van der Waals surface area contributed by atoms with Gasteiger partial charge in [-0.1, -0.05) is 57.2 Å². The third kappa shape index (κ3) is 4.94. The molecule has 4 heteroatoms. The predicted molar refractivity (Wildman–Crippen MR) is 138 cm³/mol. The molecule has 2 aromatic carbocycles. The Bertz CT molecular complexity index is 1150. The lowest BCUT2D eigenvalue weighted by Gasteiger charge is -2.40. The number of allylic oxidation sites excluding steroid dienone is 1. The Kier molecular flexibility index (Phi) is 6.57. The molecule has 0 spiro atoms. The Balaban J connectivity index is 1.53. The van der Waals surface area contributed by atoms with Crippen molar-refractivity contribution in [2.24, 2.45) is 11.8 Å². The smallest absolute Gasteiger partial charge is 0.343 e. The number of ether oxygens (including phenoxy) is 2. The lowest BCUT2D eigenvalue weighted by atomic mass is 9.73. The maximum absolute atomic E-state index is 13.1. The van der Waals surface area contributed by atoms with Crippen LogP contribution in [0.15, 0.2) is 48.0 Å². The van der Waals surface area contributed by atoms with Crippen LogP contribution in [0.2, 0.25) is 0 Å². The van der Waals surface area contributed by atoms with Crippen molar-refractivity contribution in [2.45, 2.75) is 84.2 Å². The topological polar surface area (TPSA) is 52.6 Å². The van der Waals surface area contributed by atoms with E-state index in [9.17, 15) is 9.59 Å². The number of carbonyl (C=O) groups is 2. The number of rotatable bonds is 6. The summed E-state index contributed by atoms with van der Waals surface area (Å²) in [6.07, 6.45) is 10.0. The van der Waals surface area contributed by atoms with Crippen LogP contribution in [-0.4, -0.2) is 17.4 Å². The third-order valence-electron chi connectivity index (χ3n) is 7.83. The Morgan fingerprint density at radius 2 is 1.83 bits per heavy atom. The summed E-state index contributed by atoms with van der Waals surface area (Å²) in [6.45, 7) is 6.06. The average molecular weight is 473 g/mol. The highest BCUT2D eigenvalue weighted by Crippen LogP contribution is 2.51. The number of ketones is 1.